The molecule has 5 heteroatoms. The van der Waals surface area contributed by atoms with Crippen molar-refractivity contribution in [2.45, 2.75) is 0 Å². The summed E-state index contributed by atoms with van der Waals surface area (Å²) in [5.41, 5.74) is 5.86. The highest BCUT2D eigenvalue weighted by Crippen LogP contribution is 2.27. The van der Waals surface area contributed by atoms with Crippen molar-refractivity contribution in [3.63, 3.8) is 0 Å². The van der Waals surface area contributed by atoms with Crippen LogP contribution in [0.5, 0.6) is 11.5 Å². The quantitative estimate of drug-likeness (QED) is 0.658. The maximum Gasteiger partial charge on any atom is 0.128 e. The van der Waals surface area contributed by atoms with Crippen molar-refractivity contribution in [2.75, 3.05) is 0 Å². The molecule has 2 aromatic rings. The van der Waals surface area contributed by atoms with Gasteiger partial charge in [-0.2, -0.15) is 0 Å². The van der Waals surface area contributed by atoms with E-state index in [2.05, 4.69) is 0 Å². The van der Waals surface area contributed by atoms with E-state index in [1.54, 1.807) is 42.5 Å². The lowest BCUT2D eigenvalue weighted by Gasteiger charge is -2.08. The van der Waals surface area contributed by atoms with E-state index in [1.807, 2.05) is 0 Å². The molecule has 0 heterocycles. The molecule has 0 aliphatic rings. The zero-order valence-corrected chi connectivity index (χ0v) is 10.8. The van der Waals surface area contributed by atoms with Crippen molar-refractivity contribution < 1.29 is 4.74 Å². The highest BCUT2D eigenvalue weighted by atomic mass is 35.5. The Morgan fingerprint density at radius 2 is 1.78 bits per heavy atom. The minimum atomic E-state index is -0.0747. The largest absolute Gasteiger partial charge is 0.457 e. The van der Waals surface area contributed by atoms with Crippen LogP contribution < -0.4 is 10.5 Å². The Bertz CT molecular complexity index is 599. The number of ether oxygens (including phenoxy) is 1. The van der Waals surface area contributed by atoms with Crippen molar-refractivity contribution in [1.82, 2.24) is 0 Å². The molecular weight excluding hydrogens is 271 g/mol. The third kappa shape index (κ3) is 2.94. The monoisotopic (exact) mass is 280 g/mol. The van der Waals surface area contributed by atoms with E-state index in [0.29, 0.717) is 27.1 Å². The number of halogens is 2. The Labute approximate surface area is 115 Å². The van der Waals surface area contributed by atoms with Gasteiger partial charge in [-0.3, -0.25) is 5.41 Å². The first-order valence-electron chi connectivity index (χ1n) is 5.13. The molecule has 18 heavy (non-hydrogen) atoms. The molecule has 3 nitrogen and oxygen atoms in total. The van der Waals surface area contributed by atoms with Crippen molar-refractivity contribution in [2.24, 2.45) is 5.73 Å². The van der Waals surface area contributed by atoms with Crippen LogP contribution in [-0.2, 0) is 0 Å². The van der Waals surface area contributed by atoms with Crippen molar-refractivity contribution in [3.8, 4) is 11.5 Å². The molecule has 2 aromatic carbocycles. The second kappa shape index (κ2) is 5.29. The van der Waals surface area contributed by atoms with Gasteiger partial charge in [-0.1, -0.05) is 29.3 Å². The van der Waals surface area contributed by atoms with Crippen LogP contribution in [0.4, 0.5) is 0 Å². The van der Waals surface area contributed by atoms with E-state index >= 15 is 0 Å². The van der Waals surface area contributed by atoms with Crippen molar-refractivity contribution >= 4 is 29.0 Å². The first kappa shape index (κ1) is 12.7. The number of rotatable bonds is 3. The van der Waals surface area contributed by atoms with E-state index in [0.717, 1.165) is 0 Å². The summed E-state index contributed by atoms with van der Waals surface area (Å²) in [4.78, 5) is 0. The van der Waals surface area contributed by atoms with Crippen molar-refractivity contribution in [1.29, 1.82) is 5.41 Å². The maximum absolute atomic E-state index is 7.33. The van der Waals surface area contributed by atoms with Gasteiger partial charge in [0.25, 0.3) is 0 Å². The Morgan fingerprint density at radius 3 is 2.39 bits per heavy atom. The molecular formula is C13H10Cl2N2O. The molecule has 92 valence electrons. The summed E-state index contributed by atoms with van der Waals surface area (Å²) >= 11 is 11.9. The van der Waals surface area contributed by atoms with Crippen LogP contribution in [0.15, 0.2) is 42.5 Å². The molecule has 0 fully saturated rings. The Hall–Kier alpha value is -1.71. The summed E-state index contributed by atoms with van der Waals surface area (Å²) in [6.07, 6.45) is 0. The molecule has 0 spiro atoms. The third-order valence-electron chi connectivity index (χ3n) is 2.26. The lowest BCUT2D eigenvalue weighted by molar-refractivity contribution is 0.483. The summed E-state index contributed by atoms with van der Waals surface area (Å²) < 4.78 is 5.59. The van der Waals surface area contributed by atoms with Gasteiger partial charge in [-0.25, -0.2) is 0 Å². The van der Waals surface area contributed by atoms with Gasteiger partial charge in [0.2, 0.25) is 0 Å². The highest BCUT2D eigenvalue weighted by Gasteiger charge is 2.06. The number of nitrogens with one attached hydrogen (secondary N) is 1. The van der Waals surface area contributed by atoms with Crippen LogP contribution >= 0.6 is 23.2 Å². The molecule has 2 rings (SSSR count). The molecule has 0 aromatic heterocycles. The molecule has 0 saturated carbocycles. The summed E-state index contributed by atoms with van der Waals surface area (Å²) in [6, 6.07) is 12.0. The van der Waals surface area contributed by atoms with E-state index < -0.39 is 0 Å². The van der Waals surface area contributed by atoms with Crippen LogP contribution in [0.2, 0.25) is 10.0 Å². The number of hydrogen-bond donors (Lipinski definition) is 2. The molecule has 0 atom stereocenters. The van der Waals surface area contributed by atoms with Crippen LogP contribution in [0.3, 0.4) is 0 Å². The Balaban J connectivity index is 2.25. The molecule has 0 aliphatic carbocycles. The third-order valence-corrected chi connectivity index (χ3v) is 2.81. The fourth-order valence-electron chi connectivity index (χ4n) is 1.44. The lowest BCUT2D eigenvalue weighted by atomic mass is 10.2. The lowest BCUT2D eigenvalue weighted by Crippen LogP contribution is -2.11. The topological polar surface area (TPSA) is 59.1 Å². The van der Waals surface area contributed by atoms with Gasteiger partial charge in [-0.05, 0) is 30.3 Å². The molecule has 3 N–H and O–H groups in total. The fourth-order valence-corrected chi connectivity index (χ4v) is 1.90. The standard InChI is InChI=1S/C13H10Cl2N2O/c14-8-2-1-3-9(6-8)18-10-4-5-11(13(16)17)12(15)7-10/h1-7H,(H3,16,17). The minimum absolute atomic E-state index is 0.0747. The van der Waals surface area contributed by atoms with Crippen LogP contribution in [0.1, 0.15) is 5.56 Å². The van der Waals surface area contributed by atoms with Gasteiger partial charge in [0.15, 0.2) is 0 Å². The molecule has 0 amide bonds. The Morgan fingerprint density at radius 1 is 1.06 bits per heavy atom. The summed E-state index contributed by atoms with van der Waals surface area (Å²) in [6.45, 7) is 0. The van der Waals surface area contributed by atoms with Crippen LogP contribution in [-0.4, -0.2) is 5.84 Å². The van der Waals surface area contributed by atoms with E-state index in [-0.39, 0.29) is 5.84 Å². The minimum Gasteiger partial charge on any atom is -0.457 e. The van der Waals surface area contributed by atoms with Crippen LogP contribution in [0, 0.1) is 5.41 Å². The van der Waals surface area contributed by atoms with Gasteiger partial charge in [0.05, 0.1) is 5.02 Å². The van der Waals surface area contributed by atoms with Gasteiger partial charge >= 0.3 is 0 Å². The number of hydrogen-bond acceptors (Lipinski definition) is 2. The number of amidine groups is 1. The van der Waals surface area contributed by atoms with Gasteiger partial charge in [0, 0.05) is 16.7 Å². The summed E-state index contributed by atoms with van der Waals surface area (Å²) in [7, 11) is 0. The van der Waals surface area contributed by atoms with Gasteiger partial charge in [0.1, 0.15) is 17.3 Å². The molecule has 0 bridgehead atoms. The molecule has 0 unspecified atom stereocenters. The predicted molar refractivity (Wildman–Crippen MR) is 74.0 cm³/mol. The first-order valence-corrected chi connectivity index (χ1v) is 5.89. The second-order valence-corrected chi connectivity index (χ2v) is 4.46. The van der Waals surface area contributed by atoms with E-state index in [1.165, 1.54) is 0 Å². The average Bonchev–Trinajstić information content (AvgIpc) is 2.28. The van der Waals surface area contributed by atoms with Gasteiger partial charge < -0.3 is 10.5 Å². The summed E-state index contributed by atoms with van der Waals surface area (Å²) in [5, 5.41) is 8.30. The zero-order chi connectivity index (χ0) is 13.1. The van der Waals surface area contributed by atoms with Crippen molar-refractivity contribution in [3.05, 3.63) is 58.1 Å². The van der Waals surface area contributed by atoms with E-state index in [4.69, 9.17) is 39.1 Å². The SMILES string of the molecule is N=C(N)c1ccc(Oc2cccc(Cl)c2)cc1Cl. The number of benzene rings is 2. The molecule has 0 radical (unpaired) electrons. The average molecular weight is 281 g/mol. The first-order chi connectivity index (χ1) is 8.56. The summed E-state index contributed by atoms with van der Waals surface area (Å²) in [5.74, 6) is 1.11. The fraction of sp³-hybridized carbons (Fsp3) is 0. The maximum atomic E-state index is 7.33. The number of nitrogens with two attached hydrogens (primary N) is 1. The smallest absolute Gasteiger partial charge is 0.128 e. The number of nitrogen functional groups attached to an aromatic ring is 1. The normalized spacial score (nSPS) is 10.1. The van der Waals surface area contributed by atoms with Crippen LogP contribution in [0.25, 0.3) is 0 Å². The highest BCUT2D eigenvalue weighted by molar-refractivity contribution is 6.34. The second-order valence-electron chi connectivity index (χ2n) is 3.61. The molecule has 0 aliphatic heterocycles. The van der Waals surface area contributed by atoms with Gasteiger partial charge in [-0.15, -0.1) is 0 Å². The molecule has 0 saturated heterocycles. The zero-order valence-electron chi connectivity index (χ0n) is 9.28. The predicted octanol–water partition coefficient (Wildman–Crippen LogP) is 4.07. The Kier molecular flexibility index (Phi) is 3.75. The van der Waals surface area contributed by atoms with E-state index in [9.17, 15) is 0 Å².